The number of hydrogen-bond acceptors (Lipinski definition) is 6. The standard InChI is InChI=1S/C25H19ClN4O4/c1-34-21-11-6-15(24(27)32)13-20(21)29-30-22-18-5-3-2-4-14(18)12-19(23(22)31)25(33)28-17-9-7-16(26)8-10-17/h2-13,31H,1H3,(H2,27,32)(H,28,33). The normalized spacial score (nSPS) is 11.0. The number of primary amides is 1. The van der Waals surface area contributed by atoms with Crippen LogP contribution in [0.2, 0.25) is 5.02 Å². The Morgan fingerprint density at radius 3 is 2.44 bits per heavy atom. The molecule has 0 aliphatic carbocycles. The molecule has 0 bridgehead atoms. The van der Waals surface area contributed by atoms with E-state index < -0.39 is 11.8 Å². The van der Waals surface area contributed by atoms with Crippen LogP contribution in [0.5, 0.6) is 11.5 Å². The van der Waals surface area contributed by atoms with Crippen molar-refractivity contribution in [2.24, 2.45) is 16.0 Å². The van der Waals surface area contributed by atoms with E-state index in [1.807, 2.05) is 0 Å². The predicted molar refractivity (Wildman–Crippen MR) is 131 cm³/mol. The zero-order valence-corrected chi connectivity index (χ0v) is 18.7. The van der Waals surface area contributed by atoms with E-state index in [0.29, 0.717) is 27.2 Å². The molecule has 0 spiro atoms. The number of halogens is 1. The zero-order chi connectivity index (χ0) is 24.2. The number of azo groups is 1. The van der Waals surface area contributed by atoms with Gasteiger partial charge in [-0.05, 0) is 53.9 Å². The number of benzene rings is 4. The maximum atomic E-state index is 13.0. The average Bonchev–Trinajstić information content (AvgIpc) is 2.84. The first-order valence-electron chi connectivity index (χ1n) is 10.1. The van der Waals surface area contributed by atoms with Crippen LogP contribution in [0, 0.1) is 0 Å². The lowest BCUT2D eigenvalue weighted by Crippen LogP contribution is -2.12. The summed E-state index contributed by atoms with van der Waals surface area (Å²) in [6.45, 7) is 0. The third-order valence-electron chi connectivity index (χ3n) is 5.06. The highest BCUT2D eigenvalue weighted by Gasteiger charge is 2.19. The number of nitrogens with zero attached hydrogens (tertiary/aromatic N) is 2. The molecular formula is C25H19ClN4O4. The number of phenolic OH excluding ortho intramolecular Hbond substituents is 1. The quantitative estimate of drug-likeness (QED) is 0.297. The van der Waals surface area contributed by atoms with Crippen LogP contribution in [-0.2, 0) is 0 Å². The summed E-state index contributed by atoms with van der Waals surface area (Å²) in [6, 6.07) is 19.8. The molecule has 0 aliphatic heterocycles. The van der Waals surface area contributed by atoms with Gasteiger partial charge < -0.3 is 20.9 Å². The molecule has 34 heavy (non-hydrogen) atoms. The number of fused-ring (bicyclic) bond motifs is 1. The summed E-state index contributed by atoms with van der Waals surface area (Å²) < 4.78 is 5.28. The van der Waals surface area contributed by atoms with Crippen LogP contribution in [0.25, 0.3) is 10.8 Å². The number of ether oxygens (including phenoxy) is 1. The molecule has 0 heterocycles. The number of carbonyl (C=O) groups excluding carboxylic acids is 2. The van der Waals surface area contributed by atoms with Crippen LogP contribution in [0.1, 0.15) is 20.7 Å². The van der Waals surface area contributed by atoms with Crippen molar-refractivity contribution in [3.63, 3.8) is 0 Å². The van der Waals surface area contributed by atoms with Crippen molar-refractivity contribution in [2.45, 2.75) is 0 Å². The number of methoxy groups -OCH3 is 1. The topological polar surface area (TPSA) is 126 Å². The number of anilines is 1. The molecule has 4 N–H and O–H groups in total. The molecule has 8 nitrogen and oxygen atoms in total. The minimum Gasteiger partial charge on any atom is -0.505 e. The SMILES string of the molecule is COc1ccc(C(N)=O)cc1N=Nc1c(O)c(C(=O)Nc2ccc(Cl)cc2)cc2ccccc12. The Labute approximate surface area is 199 Å². The second-order valence-corrected chi connectivity index (χ2v) is 7.69. The lowest BCUT2D eigenvalue weighted by atomic mass is 10.0. The molecule has 0 radical (unpaired) electrons. The Hall–Kier alpha value is -4.43. The summed E-state index contributed by atoms with van der Waals surface area (Å²) in [5.41, 5.74) is 6.43. The summed E-state index contributed by atoms with van der Waals surface area (Å²) in [5, 5.41) is 23.9. The number of rotatable bonds is 6. The Morgan fingerprint density at radius 2 is 1.74 bits per heavy atom. The second kappa shape index (κ2) is 9.60. The van der Waals surface area contributed by atoms with Crippen molar-refractivity contribution in [1.29, 1.82) is 0 Å². The Balaban J connectivity index is 1.79. The lowest BCUT2D eigenvalue weighted by Gasteiger charge is -2.11. The molecule has 9 heteroatoms. The Morgan fingerprint density at radius 1 is 1.00 bits per heavy atom. The van der Waals surface area contributed by atoms with E-state index in [-0.39, 0.29) is 28.3 Å². The van der Waals surface area contributed by atoms with E-state index in [2.05, 4.69) is 15.5 Å². The molecule has 0 aromatic heterocycles. The number of nitrogens with one attached hydrogen (secondary N) is 1. The van der Waals surface area contributed by atoms with Crippen LogP contribution in [-0.4, -0.2) is 24.0 Å². The molecule has 170 valence electrons. The van der Waals surface area contributed by atoms with E-state index in [9.17, 15) is 14.7 Å². The Bertz CT molecular complexity index is 1440. The highest BCUT2D eigenvalue weighted by Crippen LogP contribution is 2.40. The summed E-state index contributed by atoms with van der Waals surface area (Å²) in [5.74, 6) is -1.16. The summed E-state index contributed by atoms with van der Waals surface area (Å²) >= 11 is 5.90. The first-order chi connectivity index (χ1) is 16.4. The highest BCUT2D eigenvalue weighted by atomic mass is 35.5. The molecule has 0 aliphatic rings. The van der Waals surface area contributed by atoms with Gasteiger partial charge in [-0.25, -0.2) is 0 Å². The predicted octanol–water partition coefficient (Wildman–Crippen LogP) is 5.97. The smallest absolute Gasteiger partial charge is 0.259 e. The minimum absolute atomic E-state index is 0.0143. The molecule has 2 amide bonds. The van der Waals surface area contributed by atoms with E-state index in [0.717, 1.165) is 0 Å². The molecule has 0 saturated heterocycles. The van der Waals surface area contributed by atoms with Gasteiger partial charge in [-0.15, -0.1) is 10.2 Å². The second-order valence-electron chi connectivity index (χ2n) is 7.25. The van der Waals surface area contributed by atoms with Crippen molar-refractivity contribution in [2.75, 3.05) is 12.4 Å². The van der Waals surface area contributed by atoms with Gasteiger partial charge in [0.25, 0.3) is 5.91 Å². The minimum atomic E-state index is -0.631. The summed E-state index contributed by atoms with van der Waals surface area (Å²) in [7, 11) is 1.45. The van der Waals surface area contributed by atoms with Crippen LogP contribution >= 0.6 is 11.6 Å². The third-order valence-corrected chi connectivity index (χ3v) is 5.31. The van der Waals surface area contributed by atoms with Crippen LogP contribution in [0.15, 0.2) is 83.0 Å². The maximum absolute atomic E-state index is 13.0. The van der Waals surface area contributed by atoms with Gasteiger partial charge >= 0.3 is 0 Å². The van der Waals surface area contributed by atoms with Crippen molar-refractivity contribution < 1.29 is 19.4 Å². The third kappa shape index (κ3) is 4.67. The largest absolute Gasteiger partial charge is 0.505 e. The molecular weight excluding hydrogens is 456 g/mol. The van der Waals surface area contributed by atoms with Crippen LogP contribution in [0.4, 0.5) is 17.1 Å². The van der Waals surface area contributed by atoms with E-state index in [1.165, 1.54) is 19.2 Å². The van der Waals surface area contributed by atoms with Crippen LogP contribution in [0.3, 0.4) is 0 Å². The summed E-state index contributed by atoms with van der Waals surface area (Å²) in [6.07, 6.45) is 0. The van der Waals surface area contributed by atoms with Crippen molar-refractivity contribution >= 4 is 51.2 Å². The van der Waals surface area contributed by atoms with E-state index in [4.69, 9.17) is 22.1 Å². The number of aromatic hydroxyl groups is 1. The van der Waals surface area contributed by atoms with Crippen molar-refractivity contribution in [3.05, 3.63) is 88.9 Å². The fourth-order valence-electron chi connectivity index (χ4n) is 3.35. The molecule has 0 saturated carbocycles. The summed E-state index contributed by atoms with van der Waals surface area (Å²) in [4.78, 5) is 24.5. The van der Waals surface area contributed by atoms with E-state index >= 15 is 0 Å². The van der Waals surface area contributed by atoms with Crippen molar-refractivity contribution in [1.82, 2.24) is 0 Å². The monoisotopic (exact) mass is 474 g/mol. The fraction of sp³-hybridized carbons (Fsp3) is 0.0400. The molecule has 4 aromatic rings. The number of hydrogen-bond donors (Lipinski definition) is 3. The zero-order valence-electron chi connectivity index (χ0n) is 17.9. The molecule has 4 aromatic carbocycles. The first kappa shape index (κ1) is 22.8. The number of phenols is 1. The fourth-order valence-corrected chi connectivity index (χ4v) is 3.47. The number of nitrogens with two attached hydrogens (primary N) is 1. The molecule has 0 fully saturated rings. The van der Waals surface area contributed by atoms with Crippen LogP contribution < -0.4 is 15.8 Å². The van der Waals surface area contributed by atoms with Gasteiger partial charge in [0.15, 0.2) is 5.75 Å². The average molecular weight is 475 g/mol. The van der Waals surface area contributed by atoms with Gasteiger partial charge in [0.2, 0.25) is 5.91 Å². The van der Waals surface area contributed by atoms with Gasteiger partial charge in [0, 0.05) is 21.7 Å². The number of carbonyl (C=O) groups is 2. The van der Waals surface area contributed by atoms with E-state index in [1.54, 1.807) is 60.7 Å². The van der Waals surface area contributed by atoms with Gasteiger partial charge in [0.1, 0.15) is 17.1 Å². The maximum Gasteiger partial charge on any atom is 0.259 e. The highest BCUT2D eigenvalue weighted by molar-refractivity contribution is 6.30. The van der Waals surface area contributed by atoms with Gasteiger partial charge in [-0.2, -0.15) is 0 Å². The van der Waals surface area contributed by atoms with Gasteiger partial charge in [-0.1, -0.05) is 35.9 Å². The van der Waals surface area contributed by atoms with Gasteiger partial charge in [-0.3, -0.25) is 9.59 Å². The molecule has 0 unspecified atom stereocenters. The van der Waals surface area contributed by atoms with Gasteiger partial charge in [0.05, 0.1) is 12.7 Å². The Kier molecular flexibility index (Phi) is 6.42. The van der Waals surface area contributed by atoms with Crippen molar-refractivity contribution in [3.8, 4) is 11.5 Å². The number of amides is 2. The lowest BCUT2D eigenvalue weighted by molar-refractivity contribution is 0.0997. The molecule has 0 atom stereocenters. The first-order valence-corrected chi connectivity index (χ1v) is 10.5. The molecule has 4 rings (SSSR count).